The summed E-state index contributed by atoms with van der Waals surface area (Å²) < 4.78 is 7.48. The number of rotatable bonds is 6. The Morgan fingerprint density at radius 3 is 2.25 bits per heavy atom. The van der Waals surface area contributed by atoms with E-state index in [4.69, 9.17) is 4.74 Å². The summed E-state index contributed by atoms with van der Waals surface area (Å²) in [5.74, 6) is 0.903. The smallest absolute Gasteiger partial charge is 0.218 e. The first-order valence-electron chi connectivity index (χ1n) is 11.2. The number of likely N-dealkylation sites (N-methyl/N-ethyl adjacent to an activating group) is 1. The lowest BCUT2D eigenvalue weighted by atomic mass is 10.2. The molecule has 0 N–H and O–H groups in total. The van der Waals surface area contributed by atoms with E-state index in [1.165, 1.54) is 11.4 Å². The monoisotopic (exact) mass is 453 g/mol. The summed E-state index contributed by atoms with van der Waals surface area (Å²) in [6, 6.07) is 12.7. The molecule has 9 heteroatoms. The highest BCUT2D eigenvalue weighted by Crippen LogP contribution is 2.26. The van der Waals surface area contributed by atoms with E-state index in [0.717, 1.165) is 74.9 Å². The Morgan fingerprint density at radius 2 is 1.53 bits per heavy atom. The van der Waals surface area contributed by atoms with E-state index >= 15 is 0 Å². The van der Waals surface area contributed by atoms with Gasteiger partial charge in [-0.1, -0.05) is 11.3 Å². The van der Waals surface area contributed by atoms with Gasteiger partial charge in [0.2, 0.25) is 10.3 Å². The van der Waals surface area contributed by atoms with E-state index < -0.39 is 0 Å². The standard InChI is InChI=1S/C23H31N7OS/c1-26-10-14-29(15-11-26)22-24-25-23(32-22)30-9-3-4-20(30)18-27-12-16-28(17-13-27)19-5-7-21(31-2)8-6-19/h3-9H,10-18H2,1-2H3. The van der Waals surface area contributed by atoms with Crippen LogP contribution in [0.25, 0.3) is 5.13 Å². The lowest BCUT2D eigenvalue weighted by Crippen LogP contribution is -2.46. The van der Waals surface area contributed by atoms with Crippen molar-refractivity contribution in [3.8, 4) is 10.9 Å². The van der Waals surface area contributed by atoms with Gasteiger partial charge >= 0.3 is 0 Å². The second-order valence-corrected chi connectivity index (χ2v) is 9.42. The predicted octanol–water partition coefficient (Wildman–Crippen LogP) is 2.41. The Kier molecular flexibility index (Phi) is 6.29. The van der Waals surface area contributed by atoms with Crippen molar-refractivity contribution in [3.63, 3.8) is 0 Å². The summed E-state index contributed by atoms with van der Waals surface area (Å²) in [5, 5.41) is 11.0. The van der Waals surface area contributed by atoms with Gasteiger partial charge in [-0.3, -0.25) is 9.47 Å². The first-order valence-corrected chi connectivity index (χ1v) is 12.1. The molecule has 2 aliphatic rings. The highest BCUT2D eigenvalue weighted by molar-refractivity contribution is 7.17. The van der Waals surface area contributed by atoms with Crippen LogP contribution in [0.3, 0.4) is 0 Å². The van der Waals surface area contributed by atoms with Crippen molar-refractivity contribution in [2.75, 3.05) is 76.3 Å². The van der Waals surface area contributed by atoms with Gasteiger partial charge in [-0.15, -0.1) is 10.2 Å². The maximum Gasteiger partial charge on any atom is 0.218 e. The zero-order valence-corrected chi connectivity index (χ0v) is 19.7. The topological polar surface area (TPSA) is 52.9 Å². The number of methoxy groups -OCH3 is 1. The molecule has 8 nitrogen and oxygen atoms in total. The summed E-state index contributed by atoms with van der Waals surface area (Å²) in [7, 11) is 3.88. The van der Waals surface area contributed by atoms with Gasteiger partial charge in [0.1, 0.15) is 5.75 Å². The minimum atomic E-state index is 0.903. The van der Waals surface area contributed by atoms with Crippen molar-refractivity contribution in [2.45, 2.75) is 6.54 Å². The van der Waals surface area contributed by atoms with Crippen LogP contribution >= 0.6 is 11.3 Å². The van der Waals surface area contributed by atoms with Gasteiger partial charge in [0.25, 0.3) is 0 Å². The molecule has 4 heterocycles. The van der Waals surface area contributed by atoms with Crippen LogP contribution in [-0.2, 0) is 6.54 Å². The van der Waals surface area contributed by atoms with Gasteiger partial charge in [-0.05, 0) is 43.4 Å². The fourth-order valence-electron chi connectivity index (χ4n) is 4.35. The van der Waals surface area contributed by atoms with Gasteiger partial charge in [-0.25, -0.2) is 0 Å². The van der Waals surface area contributed by atoms with E-state index in [0.29, 0.717) is 0 Å². The van der Waals surface area contributed by atoms with Crippen LogP contribution in [-0.4, -0.2) is 91.1 Å². The molecule has 0 amide bonds. The van der Waals surface area contributed by atoms with Crippen molar-refractivity contribution in [2.24, 2.45) is 0 Å². The first-order chi connectivity index (χ1) is 15.7. The number of anilines is 2. The van der Waals surface area contributed by atoms with Gasteiger partial charge in [0.05, 0.1) is 7.11 Å². The van der Waals surface area contributed by atoms with E-state index in [9.17, 15) is 0 Å². The molecule has 0 saturated carbocycles. The molecule has 32 heavy (non-hydrogen) atoms. The van der Waals surface area contributed by atoms with Crippen molar-refractivity contribution in [1.29, 1.82) is 0 Å². The minimum absolute atomic E-state index is 0.903. The fourth-order valence-corrected chi connectivity index (χ4v) is 5.26. The molecule has 2 aliphatic heterocycles. The van der Waals surface area contributed by atoms with Crippen LogP contribution < -0.4 is 14.5 Å². The van der Waals surface area contributed by atoms with Crippen LogP contribution in [0, 0.1) is 0 Å². The lowest BCUT2D eigenvalue weighted by Gasteiger charge is -2.36. The Morgan fingerprint density at radius 1 is 0.844 bits per heavy atom. The fraction of sp³-hybridized carbons (Fsp3) is 0.478. The third kappa shape index (κ3) is 4.60. The highest BCUT2D eigenvalue weighted by atomic mass is 32.1. The van der Waals surface area contributed by atoms with Gasteiger partial charge in [0.15, 0.2) is 0 Å². The molecule has 0 bridgehead atoms. The molecule has 0 spiro atoms. The van der Waals surface area contributed by atoms with Crippen LogP contribution in [0.4, 0.5) is 10.8 Å². The molecule has 170 valence electrons. The van der Waals surface area contributed by atoms with Gasteiger partial charge in [0, 0.05) is 76.5 Å². The van der Waals surface area contributed by atoms with E-state index in [1.807, 2.05) is 12.1 Å². The molecular weight excluding hydrogens is 422 g/mol. The molecule has 0 aliphatic carbocycles. The number of hydrogen-bond acceptors (Lipinski definition) is 8. The molecule has 2 aromatic heterocycles. The third-order valence-corrected chi connectivity index (χ3v) is 7.40. The molecule has 2 saturated heterocycles. The second kappa shape index (κ2) is 9.48. The normalized spacial score (nSPS) is 18.3. The summed E-state index contributed by atoms with van der Waals surface area (Å²) in [5.41, 5.74) is 2.53. The van der Waals surface area contributed by atoms with Gasteiger partial charge in [-0.2, -0.15) is 0 Å². The number of nitrogens with zero attached hydrogens (tertiary/aromatic N) is 7. The molecule has 3 aromatic rings. The average molecular weight is 454 g/mol. The van der Waals surface area contributed by atoms with E-state index in [-0.39, 0.29) is 0 Å². The lowest BCUT2D eigenvalue weighted by molar-refractivity contribution is 0.246. The third-order valence-electron chi connectivity index (χ3n) is 6.41. The number of benzene rings is 1. The Bertz CT molecular complexity index is 1000. The maximum atomic E-state index is 5.28. The summed E-state index contributed by atoms with van der Waals surface area (Å²) in [6.07, 6.45) is 2.11. The quantitative estimate of drug-likeness (QED) is 0.568. The number of aromatic nitrogens is 3. The Balaban J connectivity index is 1.20. The molecule has 0 unspecified atom stereocenters. The zero-order chi connectivity index (χ0) is 21.9. The average Bonchev–Trinajstić information content (AvgIpc) is 3.50. The Labute approximate surface area is 193 Å². The first kappa shape index (κ1) is 21.2. The van der Waals surface area contributed by atoms with Crippen molar-refractivity contribution in [1.82, 2.24) is 24.6 Å². The second-order valence-electron chi connectivity index (χ2n) is 8.49. The van der Waals surface area contributed by atoms with Crippen molar-refractivity contribution < 1.29 is 4.74 Å². The van der Waals surface area contributed by atoms with Crippen molar-refractivity contribution in [3.05, 3.63) is 48.3 Å². The maximum absolute atomic E-state index is 5.28. The van der Waals surface area contributed by atoms with Crippen LogP contribution in [0.5, 0.6) is 5.75 Å². The van der Waals surface area contributed by atoms with E-state index in [1.54, 1.807) is 18.4 Å². The zero-order valence-electron chi connectivity index (χ0n) is 18.9. The molecule has 0 radical (unpaired) electrons. The molecule has 1 aromatic carbocycles. The van der Waals surface area contributed by atoms with Crippen LogP contribution in [0.1, 0.15) is 5.69 Å². The summed E-state index contributed by atoms with van der Waals surface area (Å²) in [4.78, 5) is 9.68. The molecule has 2 fully saturated rings. The molecule has 0 atom stereocenters. The summed E-state index contributed by atoms with van der Waals surface area (Å²) >= 11 is 1.69. The van der Waals surface area contributed by atoms with Crippen molar-refractivity contribution >= 4 is 22.2 Å². The van der Waals surface area contributed by atoms with E-state index in [2.05, 4.69) is 71.9 Å². The largest absolute Gasteiger partial charge is 0.497 e. The molecular formula is C23H31N7OS. The Hall–Kier alpha value is -2.62. The number of ether oxygens (including phenoxy) is 1. The molecule has 5 rings (SSSR count). The minimum Gasteiger partial charge on any atom is -0.497 e. The SMILES string of the molecule is COc1ccc(N2CCN(Cc3cccn3-c3nnc(N4CCN(C)CC4)s3)CC2)cc1. The predicted molar refractivity (Wildman–Crippen MR) is 129 cm³/mol. The van der Waals surface area contributed by atoms with Crippen LogP contribution in [0.2, 0.25) is 0 Å². The summed E-state index contributed by atoms with van der Waals surface area (Å²) in [6.45, 7) is 9.24. The number of piperazine rings is 2. The van der Waals surface area contributed by atoms with Crippen LogP contribution in [0.15, 0.2) is 42.6 Å². The highest BCUT2D eigenvalue weighted by Gasteiger charge is 2.21. The van der Waals surface area contributed by atoms with Gasteiger partial charge < -0.3 is 19.4 Å². The number of hydrogen-bond donors (Lipinski definition) is 0.